The highest BCUT2D eigenvalue weighted by Crippen LogP contribution is 2.26. The molecular weight excluding hydrogens is 362 g/mol. The fourth-order valence-electron chi connectivity index (χ4n) is 2.63. The summed E-state index contributed by atoms with van der Waals surface area (Å²) in [5, 5.41) is 7.61. The Bertz CT molecular complexity index is 1140. The molecular formula is C19H15N5O2S. The van der Waals surface area contributed by atoms with Crippen molar-refractivity contribution in [3.8, 4) is 11.3 Å². The number of hydrogen-bond acceptors (Lipinski definition) is 6. The monoisotopic (exact) mass is 377 g/mol. The molecule has 0 saturated heterocycles. The molecule has 1 N–H and O–H groups in total. The molecule has 134 valence electrons. The molecule has 0 spiro atoms. The Kier molecular flexibility index (Phi) is 4.47. The van der Waals surface area contributed by atoms with E-state index in [1.54, 1.807) is 37.5 Å². The first-order valence-corrected chi connectivity index (χ1v) is 9.10. The molecule has 4 rings (SSSR count). The summed E-state index contributed by atoms with van der Waals surface area (Å²) in [6, 6.07) is 13.5. The van der Waals surface area contributed by atoms with Crippen LogP contribution in [0.25, 0.3) is 21.5 Å². The van der Waals surface area contributed by atoms with E-state index in [0.717, 1.165) is 15.8 Å². The molecule has 1 aromatic carbocycles. The number of hydrogen-bond donors (Lipinski definition) is 1. The van der Waals surface area contributed by atoms with E-state index in [1.807, 2.05) is 24.3 Å². The Labute approximate surface area is 158 Å². The van der Waals surface area contributed by atoms with Crippen LogP contribution in [0.15, 0.2) is 65.7 Å². The molecule has 4 aromatic rings. The van der Waals surface area contributed by atoms with E-state index in [2.05, 4.69) is 20.4 Å². The molecule has 0 bridgehead atoms. The van der Waals surface area contributed by atoms with E-state index in [4.69, 9.17) is 0 Å². The van der Waals surface area contributed by atoms with Crippen molar-refractivity contribution in [1.82, 2.24) is 19.7 Å². The Balaban J connectivity index is 1.60. The molecule has 0 saturated carbocycles. The lowest BCUT2D eigenvalue weighted by molar-refractivity contribution is -0.119. The van der Waals surface area contributed by atoms with Gasteiger partial charge in [0.2, 0.25) is 0 Å². The molecule has 3 heterocycles. The maximum Gasteiger partial charge on any atom is 0.267 e. The molecule has 0 aliphatic carbocycles. The first-order valence-electron chi connectivity index (χ1n) is 8.28. The van der Waals surface area contributed by atoms with E-state index >= 15 is 0 Å². The summed E-state index contributed by atoms with van der Waals surface area (Å²) in [6.07, 6.45) is 3.30. The summed E-state index contributed by atoms with van der Waals surface area (Å²) in [4.78, 5) is 33.2. The first-order chi connectivity index (χ1) is 13.1. The predicted octanol–water partition coefficient (Wildman–Crippen LogP) is 3.11. The highest BCUT2D eigenvalue weighted by atomic mass is 32.1. The van der Waals surface area contributed by atoms with Crippen molar-refractivity contribution in [2.45, 2.75) is 13.0 Å². The van der Waals surface area contributed by atoms with E-state index < -0.39 is 6.04 Å². The summed E-state index contributed by atoms with van der Waals surface area (Å²) in [7, 11) is 0. The van der Waals surface area contributed by atoms with Gasteiger partial charge in [-0.3, -0.25) is 14.6 Å². The van der Waals surface area contributed by atoms with Gasteiger partial charge in [0.15, 0.2) is 5.13 Å². The molecule has 27 heavy (non-hydrogen) atoms. The number of carbonyl (C=O) groups excluding carboxylic acids is 1. The van der Waals surface area contributed by atoms with E-state index in [9.17, 15) is 9.59 Å². The normalized spacial score (nSPS) is 12.0. The Morgan fingerprint density at radius 3 is 2.67 bits per heavy atom. The van der Waals surface area contributed by atoms with Crippen molar-refractivity contribution in [2.75, 3.05) is 5.32 Å². The van der Waals surface area contributed by atoms with Gasteiger partial charge in [0.05, 0.1) is 15.9 Å². The fraction of sp³-hybridized carbons (Fsp3) is 0.105. The van der Waals surface area contributed by atoms with E-state index in [0.29, 0.717) is 10.8 Å². The SMILES string of the molecule is CC(C(=O)Nc1nc2ccccc2s1)n1nc(-c2ccncc2)ccc1=O. The zero-order chi connectivity index (χ0) is 18.8. The molecule has 7 nitrogen and oxygen atoms in total. The van der Waals surface area contributed by atoms with Gasteiger partial charge in [0.1, 0.15) is 6.04 Å². The maximum absolute atomic E-state index is 12.6. The second-order valence-electron chi connectivity index (χ2n) is 5.89. The van der Waals surface area contributed by atoms with E-state index in [1.165, 1.54) is 22.1 Å². The third kappa shape index (κ3) is 3.47. The number of fused-ring (bicyclic) bond motifs is 1. The van der Waals surface area contributed by atoms with Gasteiger partial charge >= 0.3 is 0 Å². The average molecular weight is 377 g/mol. The molecule has 1 atom stereocenters. The van der Waals surface area contributed by atoms with Crippen molar-refractivity contribution in [3.05, 3.63) is 71.3 Å². The van der Waals surface area contributed by atoms with Crippen molar-refractivity contribution >= 4 is 32.6 Å². The number of pyridine rings is 1. The van der Waals surface area contributed by atoms with Crippen LogP contribution in [0.4, 0.5) is 5.13 Å². The Morgan fingerprint density at radius 2 is 1.89 bits per heavy atom. The number of thiazole rings is 1. The maximum atomic E-state index is 12.6. The third-order valence-corrected chi connectivity index (χ3v) is 5.02. The van der Waals surface area contributed by atoms with Gasteiger partial charge in [-0.25, -0.2) is 9.67 Å². The lowest BCUT2D eigenvalue weighted by Crippen LogP contribution is -2.33. The number of nitrogens with zero attached hydrogens (tertiary/aromatic N) is 4. The van der Waals surface area contributed by atoms with Crippen LogP contribution in [0.2, 0.25) is 0 Å². The van der Waals surface area contributed by atoms with Gasteiger partial charge in [-0.05, 0) is 37.3 Å². The van der Waals surface area contributed by atoms with Crippen LogP contribution >= 0.6 is 11.3 Å². The minimum atomic E-state index is -0.786. The van der Waals surface area contributed by atoms with Crippen LogP contribution in [0.5, 0.6) is 0 Å². The van der Waals surface area contributed by atoms with Crippen molar-refractivity contribution in [1.29, 1.82) is 0 Å². The molecule has 8 heteroatoms. The van der Waals surface area contributed by atoms with Gasteiger partial charge in [-0.15, -0.1) is 0 Å². The minimum absolute atomic E-state index is 0.347. The topological polar surface area (TPSA) is 89.8 Å². The van der Waals surface area contributed by atoms with Crippen LogP contribution in [-0.2, 0) is 4.79 Å². The van der Waals surface area contributed by atoms with Crippen LogP contribution in [0, 0.1) is 0 Å². The summed E-state index contributed by atoms with van der Waals surface area (Å²) < 4.78 is 2.16. The van der Waals surface area contributed by atoms with E-state index in [-0.39, 0.29) is 11.5 Å². The largest absolute Gasteiger partial charge is 0.300 e. The molecule has 0 aliphatic heterocycles. The van der Waals surface area contributed by atoms with Gasteiger partial charge in [0, 0.05) is 24.0 Å². The number of rotatable bonds is 4. The lowest BCUT2D eigenvalue weighted by Gasteiger charge is -2.14. The average Bonchev–Trinajstić information content (AvgIpc) is 3.10. The van der Waals surface area contributed by atoms with Crippen molar-refractivity contribution < 1.29 is 4.79 Å². The molecule has 1 amide bonds. The number of amides is 1. The first kappa shape index (κ1) is 17.0. The highest BCUT2D eigenvalue weighted by molar-refractivity contribution is 7.22. The second-order valence-corrected chi connectivity index (χ2v) is 6.92. The highest BCUT2D eigenvalue weighted by Gasteiger charge is 2.19. The molecule has 3 aromatic heterocycles. The van der Waals surface area contributed by atoms with Crippen LogP contribution < -0.4 is 10.9 Å². The zero-order valence-electron chi connectivity index (χ0n) is 14.4. The van der Waals surface area contributed by atoms with Crippen LogP contribution in [-0.4, -0.2) is 25.7 Å². The van der Waals surface area contributed by atoms with Gasteiger partial charge in [-0.2, -0.15) is 5.10 Å². The predicted molar refractivity (Wildman–Crippen MR) is 105 cm³/mol. The molecule has 0 radical (unpaired) electrons. The minimum Gasteiger partial charge on any atom is -0.300 e. The van der Waals surface area contributed by atoms with Gasteiger partial charge < -0.3 is 5.32 Å². The standard InChI is InChI=1S/C19H15N5O2S/c1-12(18(26)22-19-21-15-4-2-3-5-16(15)27-19)24-17(25)7-6-14(23-24)13-8-10-20-11-9-13/h2-12H,1H3,(H,21,22,26). The smallest absolute Gasteiger partial charge is 0.267 e. The van der Waals surface area contributed by atoms with Gasteiger partial charge in [0.25, 0.3) is 11.5 Å². The van der Waals surface area contributed by atoms with Crippen molar-refractivity contribution in [2.24, 2.45) is 0 Å². The second kappa shape index (κ2) is 7.08. The molecule has 0 fully saturated rings. The Morgan fingerprint density at radius 1 is 1.11 bits per heavy atom. The summed E-state index contributed by atoms with van der Waals surface area (Å²) in [6.45, 7) is 1.63. The zero-order valence-corrected chi connectivity index (χ0v) is 15.2. The lowest BCUT2D eigenvalue weighted by atomic mass is 10.2. The number of para-hydroxylation sites is 1. The molecule has 0 aliphatic rings. The number of benzene rings is 1. The summed E-state index contributed by atoms with van der Waals surface area (Å²) >= 11 is 1.38. The Hall–Kier alpha value is -3.39. The number of carbonyl (C=O) groups is 1. The number of nitrogens with one attached hydrogen (secondary N) is 1. The van der Waals surface area contributed by atoms with Crippen LogP contribution in [0.3, 0.4) is 0 Å². The number of aromatic nitrogens is 4. The summed E-state index contributed by atoms with van der Waals surface area (Å²) in [5.41, 5.74) is 1.88. The van der Waals surface area contributed by atoms with Crippen molar-refractivity contribution in [3.63, 3.8) is 0 Å². The number of anilines is 1. The third-order valence-electron chi connectivity index (χ3n) is 4.07. The van der Waals surface area contributed by atoms with Gasteiger partial charge in [-0.1, -0.05) is 23.5 Å². The fourth-order valence-corrected chi connectivity index (χ4v) is 3.49. The summed E-state index contributed by atoms with van der Waals surface area (Å²) in [5.74, 6) is -0.351. The van der Waals surface area contributed by atoms with Crippen LogP contribution in [0.1, 0.15) is 13.0 Å². The molecule has 1 unspecified atom stereocenters. The quantitative estimate of drug-likeness (QED) is 0.590.